The summed E-state index contributed by atoms with van der Waals surface area (Å²) in [5, 5.41) is 10.3. The van der Waals surface area contributed by atoms with Crippen molar-refractivity contribution in [3.05, 3.63) is 12.7 Å². The molecule has 1 aromatic heterocycles. The zero-order valence-corrected chi connectivity index (χ0v) is 10.1. The molecule has 1 aromatic rings. The molecule has 94 valence electrons. The smallest absolute Gasteiger partial charge is 0.244 e. The zero-order chi connectivity index (χ0) is 12.1. The van der Waals surface area contributed by atoms with Crippen molar-refractivity contribution in [3.8, 4) is 0 Å². The molecule has 1 fully saturated rings. The summed E-state index contributed by atoms with van der Waals surface area (Å²) in [6.07, 6.45) is 6.56. The van der Waals surface area contributed by atoms with Crippen molar-refractivity contribution >= 4 is 5.91 Å². The van der Waals surface area contributed by atoms with Gasteiger partial charge in [0.15, 0.2) is 0 Å². The lowest BCUT2D eigenvalue weighted by molar-refractivity contribution is -0.124. The number of carbonyl (C=O) groups is 1. The van der Waals surface area contributed by atoms with Crippen molar-refractivity contribution in [3.63, 3.8) is 0 Å². The third kappa shape index (κ3) is 3.81. The molecule has 0 spiro atoms. The lowest BCUT2D eigenvalue weighted by Crippen LogP contribution is -2.33. The fourth-order valence-corrected chi connectivity index (χ4v) is 1.58. The minimum absolute atomic E-state index is 0.0121. The van der Waals surface area contributed by atoms with Crippen molar-refractivity contribution in [1.82, 2.24) is 25.4 Å². The number of nitrogens with one attached hydrogen (secondary N) is 2. The van der Waals surface area contributed by atoms with Gasteiger partial charge in [0, 0.05) is 12.6 Å². The van der Waals surface area contributed by atoms with Crippen molar-refractivity contribution in [2.45, 2.75) is 38.3 Å². The molecule has 1 aliphatic rings. The fourth-order valence-electron chi connectivity index (χ4n) is 1.58. The van der Waals surface area contributed by atoms with Gasteiger partial charge in [0.2, 0.25) is 5.91 Å². The predicted molar refractivity (Wildman–Crippen MR) is 63.4 cm³/mol. The Morgan fingerprint density at radius 1 is 1.53 bits per heavy atom. The molecule has 1 amide bonds. The first-order chi connectivity index (χ1) is 8.27. The first-order valence-electron chi connectivity index (χ1n) is 6.12. The first kappa shape index (κ1) is 12.0. The maximum Gasteiger partial charge on any atom is 0.244 e. The van der Waals surface area contributed by atoms with Crippen molar-refractivity contribution in [1.29, 1.82) is 0 Å². The van der Waals surface area contributed by atoms with Gasteiger partial charge in [-0.1, -0.05) is 0 Å². The van der Waals surface area contributed by atoms with Gasteiger partial charge in [0.05, 0.1) is 0 Å². The van der Waals surface area contributed by atoms with Crippen LogP contribution in [-0.2, 0) is 4.79 Å². The average molecular weight is 237 g/mol. The molecule has 6 heteroatoms. The lowest BCUT2D eigenvalue weighted by Gasteiger charge is -2.12. The van der Waals surface area contributed by atoms with Gasteiger partial charge in [-0.2, -0.15) is 5.10 Å². The summed E-state index contributed by atoms with van der Waals surface area (Å²) in [4.78, 5) is 15.6. The largest absolute Gasteiger partial charge is 0.354 e. The van der Waals surface area contributed by atoms with Crippen molar-refractivity contribution < 1.29 is 4.79 Å². The van der Waals surface area contributed by atoms with E-state index in [1.807, 2.05) is 6.92 Å². The van der Waals surface area contributed by atoms with Crippen LogP contribution in [0.3, 0.4) is 0 Å². The Morgan fingerprint density at radius 3 is 3.00 bits per heavy atom. The highest BCUT2D eigenvalue weighted by Gasteiger charge is 2.19. The number of aromatic nitrogens is 3. The molecule has 0 aromatic carbocycles. The van der Waals surface area contributed by atoms with Gasteiger partial charge >= 0.3 is 0 Å². The molecule has 0 saturated heterocycles. The molecule has 1 saturated carbocycles. The predicted octanol–water partition coefficient (Wildman–Crippen LogP) is 0.0974. The van der Waals surface area contributed by atoms with E-state index < -0.39 is 0 Å². The molecule has 6 nitrogen and oxygen atoms in total. The first-order valence-corrected chi connectivity index (χ1v) is 6.12. The number of rotatable bonds is 7. The van der Waals surface area contributed by atoms with Crippen LogP contribution in [0.4, 0.5) is 0 Å². The average Bonchev–Trinajstić information content (AvgIpc) is 2.99. The Morgan fingerprint density at radius 2 is 2.35 bits per heavy atom. The standard InChI is InChI=1S/C11H19N5O/c1-9(16-8-12-7-15-16)11(17)14-6-2-5-13-10-3-4-10/h7-10,13H,2-6H2,1H3,(H,14,17). The number of hydrogen-bond donors (Lipinski definition) is 2. The third-order valence-corrected chi connectivity index (χ3v) is 2.88. The van der Waals surface area contributed by atoms with Crippen LogP contribution in [0.15, 0.2) is 12.7 Å². The zero-order valence-electron chi connectivity index (χ0n) is 10.1. The number of carbonyl (C=O) groups excluding carboxylic acids is 1. The Hall–Kier alpha value is -1.43. The fraction of sp³-hybridized carbons (Fsp3) is 0.727. The number of amides is 1. The van der Waals surface area contributed by atoms with E-state index in [1.54, 1.807) is 11.0 Å². The lowest BCUT2D eigenvalue weighted by atomic mass is 10.3. The molecule has 17 heavy (non-hydrogen) atoms. The van der Waals surface area contributed by atoms with Gasteiger partial charge in [-0.3, -0.25) is 4.79 Å². The van der Waals surface area contributed by atoms with Crippen LogP contribution in [-0.4, -0.2) is 39.8 Å². The van der Waals surface area contributed by atoms with Crippen LogP contribution >= 0.6 is 0 Å². The summed E-state index contributed by atoms with van der Waals surface area (Å²) in [7, 11) is 0. The third-order valence-electron chi connectivity index (χ3n) is 2.88. The molecule has 0 bridgehead atoms. The van der Waals surface area contributed by atoms with E-state index in [-0.39, 0.29) is 11.9 Å². The highest BCUT2D eigenvalue weighted by molar-refractivity contribution is 5.79. The highest BCUT2D eigenvalue weighted by atomic mass is 16.2. The quantitative estimate of drug-likeness (QED) is 0.660. The molecular weight excluding hydrogens is 218 g/mol. The van der Waals surface area contributed by atoms with Gasteiger partial charge in [0.25, 0.3) is 0 Å². The normalized spacial score (nSPS) is 16.8. The maximum absolute atomic E-state index is 11.7. The van der Waals surface area contributed by atoms with Crippen LogP contribution < -0.4 is 10.6 Å². The Balaban J connectivity index is 1.59. The van der Waals surface area contributed by atoms with Crippen LogP contribution in [0.2, 0.25) is 0 Å². The van der Waals surface area contributed by atoms with E-state index in [0.29, 0.717) is 6.54 Å². The second kappa shape index (κ2) is 5.77. The molecule has 2 N–H and O–H groups in total. The van der Waals surface area contributed by atoms with Gasteiger partial charge in [-0.25, -0.2) is 9.67 Å². The van der Waals surface area contributed by atoms with Gasteiger partial charge < -0.3 is 10.6 Å². The topological polar surface area (TPSA) is 71.8 Å². The van der Waals surface area contributed by atoms with E-state index in [1.165, 1.54) is 19.2 Å². The van der Waals surface area contributed by atoms with E-state index >= 15 is 0 Å². The minimum atomic E-state index is -0.297. The van der Waals surface area contributed by atoms with Gasteiger partial charge in [-0.15, -0.1) is 0 Å². The van der Waals surface area contributed by atoms with E-state index in [2.05, 4.69) is 20.7 Å². The number of nitrogens with zero attached hydrogens (tertiary/aromatic N) is 3. The molecule has 0 radical (unpaired) electrons. The van der Waals surface area contributed by atoms with E-state index in [4.69, 9.17) is 0 Å². The summed E-state index contributed by atoms with van der Waals surface area (Å²) in [5.41, 5.74) is 0. The molecule has 1 heterocycles. The molecule has 1 unspecified atom stereocenters. The molecule has 1 atom stereocenters. The summed E-state index contributed by atoms with van der Waals surface area (Å²) >= 11 is 0. The minimum Gasteiger partial charge on any atom is -0.354 e. The highest BCUT2D eigenvalue weighted by Crippen LogP contribution is 2.18. The van der Waals surface area contributed by atoms with E-state index in [0.717, 1.165) is 19.0 Å². The summed E-state index contributed by atoms with van der Waals surface area (Å²) in [5.74, 6) is -0.0121. The number of hydrogen-bond acceptors (Lipinski definition) is 4. The second-order valence-corrected chi connectivity index (χ2v) is 4.42. The van der Waals surface area contributed by atoms with Gasteiger partial charge in [0.1, 0.15) is 18.7 Å². The molecule has 2 rings (SSSR count). The van der Waals surface area contributed by atoms with Crippen molar-refractivity contribution in [2.24, 2.45) is 0 Å². The van der Waals surface area contributed by atoms with Crippen LogP contribution in [0.1, 0.15) is 32.2 Å². The summed E-state index contributed by atoms with van der Waals surface area (Å²) < 4.78 is 1.55. The Kier molecular flexibility index (Phi) is 4.08. The second-order valence-electron chi connectivity index (χ2n) is 4.42. The van der Waals surface area contributed by atoms with E-state index in [9.17, 15) is 4.79 Å². The van der Waals surface area contributed by atoms with Crippen LogP contribution in [0.25, 0.3) is 0 Å². The Bertz CT molecular complexity index is 347. The van der Waals surface area contributed by atoms with Crippen molar-refractivity contribution in [2.75, 3.05) is 13.1 Å². The monoisotopic (exact) mass is 237 g/mol. The maximum atomic E-state index is 11.7. The van der Waals surface area contributed by atoms with Crippen LogP contribution in [0.5, 0.6) is 0 Å². The summed E-state index contributed by atoms with van der Waals surface area (Å²) in [6.45, 7) is 3.49. The van der Waals surface area contributed by atoms with Crippen LogP contribution in [0, 0.1) is 0 Å². The van der Waals surface area contributed by atoms with Gasteiger partial charge in [-0.05, 0) is 32.7 Å². The summed E-state index contributed by atoms with van der Waals surface area (Å²) in [6, 6.07) is 0.439. The SMILES string of the molecule is CC(C(=O)NCCCNC1CC1)n1cncn1. The molecule has 1 aliphatic carbocycles. The Labute approximate surface area is 101 Å². The molecule has 0 aliphatic heterocycles. The molecular formula is C11H19N5O.